The lowest BCUT2D eigenvalue weighted by Crippen LogP contribution is -2.58. The van der Waals surface area contributed by atoms with Crippen molar-refractivity contribution in [3.05, 3.63) is 0 Å². The molecule has 2 N–H and O–H groups in total. The molecule has 2 aliphatic heterocycles. The number of fused-ring (bicyclic) bond motifs is 2. The fraction of sp³-hybridized carbons (Fsp3) is 0.846. The second-order valence-electron chi connectivity index (χ2n) is 5.84. The summed E-state index contributed by atoms with van der Waals surface area (Å²) >= 11 is 0. The molecule has 3 amide bonds. The van der Waals surface area contributed by atoms with Crippen molar-refractivity contribution in [2.24, 2.45) is 11.8 Å². The lowest BCUT2D eigenvalue weighted by atomic mass is 9.85. The Labute approximate surface area is 107 Å². The number of piperidine rings is 2. The van der Waals surface area contributed by atoms with Gasteiger partial charge in [0, 0.05) is 19.1 Å². The van der Waals surface area contributed by atoms with Crippen molar-refractivity contribution in [3.8, 4) is 0 Å². The van der Waals surface area contributed by atoms with Gasteiger partial charge in [-0.3, -0.25) is 9.69 Å². The number of carbonyl (C=O) groups is 2. The standard InChI is InChI=1S/C13H21N3O2/c17-12-10-5-9(6-14-7-10)8-16(12)13(18)15-11-3-1-2-4-11/h9-11,14H,1-8H2,(H,15,18). The summed E-state index contributed by atoms with van der Waals surface area (Å²) < 4.78 is 0. The first-order valence-electron chi connectivity index (χ1n) is 7.06. The summed E-state index contributed by atoms with van der Waals surface area (Å²) in [5.41, 5.74) is 0. The van der Waals surface area contributed by atoms with Gasteiger partial charge in [-0.15, -0.1) is 0 Å². The van der Waals surface area contributed by atoms with Gasteiger partial charge in [0.15, 0.2) is 0 Å². The number of rotatable bonds is 1. The van der Waals surface area contributed by atoms with Crippen LogP contribution in [0, 0.1) is 11.8 Å². The maximum absolute atomic E-state index is 12.2. The average molecular weight is 251 g/mol. The Kier molecular flexibility index (Phi) is 3.24. The molecule has 0 aromatic rings. The summed E-state index contributed by atoms with van der Waals surface area (Å²) in [5, 5.41) is 6.28. The molecule has 2 heterocycles. The zero-order chi connectivity index (χ0) is 12.5. The third-order valence-corrected chi connectivity index (χ3v) is 4.43. The minimum Gasteiger partial charge on any atom is -0.335 e. The summed E-state index contributed by atoms with van der Waals surface area (Å²) in [6.45, 7) is 2.24. The minimum absolute atomic E-state index is 0.00632. The maximum atomic E-state index is 12.2. The van der Waals surface area contributed by atoms with E-state index < -0.39 is 0 Å². The highest BCUT2D eigenvalue weighted by Gasteiger charge is 2.40. The highest BCUT2D eigenvalue weighted by Crippen LogP contribution is 2.26. The van der Waals surface area contributed by atoms with E-state index in [0.717, 1.165) is 32.4 Å². The van der Waals surface area contributed by atoms with Crippen molar-refractivity contribution in [2.75, 3.05) is 19.6 Å². The SMILES string of the molecule is O=C(NC1CCCC1)N1CC2CNCC(C2)C1=O. The fourth-order valence-electron chi connectivity index (χ4n) is 3.43. The molecule has 3 fully saturated rings. The molecule has 5 nitrogen and oxygen atoms in total. The number of carbonyl (C=O) groups excluding carboxylic acids is 2. The van der Waals surface area contributed by atoms with Crippen molar-refractivity contribution in [1.29, 1.82) is 0 Å². The summed E-state index contributed by atoms with van der Waals surface area (Å²) in [6.07, 6.45) is 5.44. The fourth-order valence-corrected chi connectivity index (χ4v) is 3.43. The average Bonchev–Trinajstić information content (AvgIpc) is 2.87. The zero-order valence-electron chi connectivity index (χ0n) is 10.7. The molecule has 2 saturated heterocycles. The zero-order valence-corrected chi connectivity index (χ0v) is 10.7. The smallest absolute Gasteiger partial charge is 0.324 e. The molecule has 100 valence electrons. The Morgan fingerprint density at radius 3 is 2.83 bits per heavy atom. The molecular formula is C13H21N3O2. The Morgan fingerprint density at radius 2 is 2.06 bits per heavy atom. The lowest BCUT2D eigenvalue weighted by molar-refractivity contribution is -0.137. The van der Waals surface area contributed by atoms with Crippen LogP contribution < -0.4 is 10.6 Å². The van der Waals surface area contributed by atoms with E-state index in [-0.39, 0.29) is 23.9 Å². The monoisotopic (exact) mass is 251 g/mol. The quantitative estimate of drug-likeness (QED) is 0.721. The van der Waals surface area contributed by atoms with Crippen LogP contribution in [0.2, 0.25) is 0 Å². The molecular weight excluding hydrogens is 230 g/mol. The molecule has 0 radical (unpaired) electrons. The minimum atomic E-state index is -0.163. The van der Waals surface area contributed by atoms with Crippen molar-refractivity contribution in [1.82, 2.24) is 15.5 Å². The molecule has 3 rings (SSSR count). The van der Waals surface area contributed by atoms with Gasteiger partial charge in [0.1, 0.15) is 0 Å². The molecule has 18 heavy (non-hydrogen) atoms. The van der Waals surface area contributed by atoms with E-state index in [1.54, 1.807) is 0 Å². The third kappa shape index (κ3) is 2.23. The topological polar surface area (TPSA) is 61.4 Å². The Balaban J connectivity index is 1.63. The molecule has 1 saturated carbocycles. The normalized spacial score (nSPS) is 32.7. The molecule has 2 bridgehead atoms. The number of likely N-dealkylation sites (tertiary alicyclic amines) is 1. The predicted molar refractivity (Wildman–Crippen MR) is 67.0 cm³/mol. The van der Waals surface area contributed by atoms with E-state index in [1.807, 2.05) is 0 Å². The first-order valence-corrected chi connectivity index (χ1v) is 7.06. The van der Waals surface area contributed by atoms with Crippen LogP contribution >= 0.6 is 0 Å². The number of amides is 3. The lowest BCUT2D eigenvalue weighted by Gasteiger charge is -2.40. The first kappa shape index (κ1) is 12.0. The molecule has 2 unspecified atom stereocenters. The van der Waals surface area contributed by atoms with E-state index in [1.165, 1.54) is 17.7 Å². The summed E-state index contributed by atoms with van der Waals surface area (Å²) in [4.78, 5) is 25.8. The van der Waals surface area contributed by atoms with Gasteiger partial charge in [-0.25, -0.2) is 4.79 Å². The van der Waals surface area contributed by atoms with Crippen molar-refractivity contribution >= 4 is 11.9 Å². The summed E-state index contributed by atoms with van der Waals surface area (Å²) in [6, 6.07) is 0.119. The van der Waals surface area contributed by atoms with Crippen LogP contribution in [-0.2, 0) is 4.79 Å². The molecule has 2 atom stereocenters. The van der Waals surface area contributed by atoms with E-state index in [2.05, 4.69) is 10.6 Å². The van der Waals surface area contributed by atoms with Crippen molar-refractivity contribution in [2.45, 2.75) is 38.1 Å². The van der Waals surface area contributed by atoms with Crippen LogP contribution in [-0.4, -0.2) is 42.5 Å². The van der Waals surface area contributed by atoms with Crippen LogP contribution in [0.4, 0.5) is 4.79 Å². The van der Waals surface area contributed by atoms with Crippen LogP contribution in [0.5, 0.6) is 0 Å². The van der Waals surface area contributed by atoms with Gasteiger partial charge in [0.25, 0.3) is 0 Å². The third-order valence-electron chi connectivity index (χ3n) is 4.43. The highest BCUT2D eigenvalue weighted by atomic mass is 16.2. The number of hydrogen-bond donors (Lipinski definition) is 2. The van der Waals surface area contributed by atoms with Gasteiger partial charge < -0.3 is 10.6 Å². The van der Waals surface area contributed by atoms with Crippen LogP contribution in [0.3, 0.4) is 0 Å². The van der Waals surface area contributed by atoms with Gasteiger partial charge in [-0.2, -0.15) is 0 Å². The number of imide groups is 1. The van der Waals surface area contributed by atoms with Crippen molar-refractivity contribution < 1.29 is 9.59 Å². The molecule has 0 spiro atoms. The van der Waals surface area contributed by atoms with E-state index >= 15 is 0 Å². The number of hydrogen-bond acceptors (Lipinski definition) is 3. The second-order valence-corrected chi connectivity index (χ2v) is 5.84. The molecule has 0 aromatic carbocycles. The van der Waals surface area contributed by atoms with E-state index in [9.17, 15) is 9.59 Å². The van der Waals surface area contributed by atoms with Gasteiger partial charge in [-0.1, -0.05) is 12.8 Å². The Morgan fingerprint density at radius 1 is 1.28 bits per heavy atom. The molecule has 3 aliphatic rings. The van der Waals surface area contributed by atoms with Gasteiger partial charge >= 0.3 is 6.03 Å². The summed E-state index contributed by atoms with van der Waals surface area (Å²) in [7, 11) is 0. The number of nitrogens with zero attached hydrogens (tertiary/aromatic N) is 1. The maximum Gasteiger partial charge on any atom is 0.324 e. The van der Waals surface area contributed by atoms with Crippen LogP contribution in [0.15, 0.2) is 0 Å². The van der Waals surface area contributed by atoms with Gasteiger partial charge in [-0.05, 0) is 31.7 Å². The Bertz CT molecular complexity index is 352. The predicted octanol–water partition coefficient (Wildman–Crippen LogP) is 0.706. The van der Waals surface area contributed by atoms with Crippen LogP contribution in [0.1, 0.15) is 32.1 Å². The largest absolute Gasteiger partial charge is 0.335 e. The van der Waals surface area contributed by atoms with Gasteiger partial charge in [0.05, 0.1) is 5.92 Å². The van der Waals surface area contributed by atoms with Crippen LogP contribution in [0.25, 0.3) is 0 Å². The molecule has 5 heteroatoms. The molecule has 0 aromatic heterocycles. The highest BCUT2D eigenvalue weighted by molar-refractivity contribution is 5.96. The number of urea groups is 1. The first-order chi connectivity index (χ1) is 8.74. The van der Waals surface area contributed by atoms with Crippen molar-refractivity contribution in [3.63, 3.8) is 0 Å². The number of nitrogens with one attached hydrogen (secondary N) is 2. The van der Waals surface area contributed by atoms with E-state index in [0.29, 0.717) is 12.5 Å². The second kappa shape index (κ2) is 4.88. The summed E-state index contributed by atoms with van der Waals surface area (Å²) in [5.74, 6) is 0.455. The van der Waals surface area contributed by atoms with Gasteiger partial charge in [0.2, 0.25) is 5.91 Å². The molecule has 1 aliphatic carbocycles. The van der Waals surface area contributed by atoms with E-state index in [4.69, 9.17) is 0 Å². The Hall–Kier alpha value is -1.10.